The molecule has 4 aliphatic heterocycles. The Morgan fingerprint density at radius 2 is 2.04 bits per heavy atom. The van der Waals surface area contributed by atoms with E-state index in [2.05, 4.69) is 28.1 Å². The van der Waals surface area contributed by atoms with Crippen LogP contribution in [0.3, 0.4) is 0 Å². The summed E-state index contributed by atoms with van der Waals surface area (Å²) in [6, 6.07) is 8.39. The van der Waals surface area contributed by atoms with Crippen LogP contribution < -0.4 is 16.0 Å². The van der Waals surface area contributed by atoms with Crippen molar-refractivity contribution in [3.8, 4) is 0 Å². The fraction of sp³-hybridized carbons (Fsp3) is 0.600. The molecule has 144 valence electrons. The molecule has 2 unspecified atom stereocenters. The monoisotopic (exact) mass is 370 g/mol. The number of nitrogens with zero attached hydrogens (tertiary/aromatic N) is 1. The number of hydrogen-bond acceptors (Lipinski definition) is 5. The number of hydrogen-bond donors (Lipinski definition) is 3. The number of β-lactam (4-membered cyclic amide) rings is 1. The van der Waals surface area contributed by atoms with Crippen LogP contribution in [0.25, 0.3) is 0 Å². The largest absolute Gasteiger partial charge is 0.445 e. The van der Waals surface area contributed by atoms with Crippen LogP contribution in [0.2, 0.25) is 0 Å². The molecule has 2 atom stereocenters. The van der Waals surface area contributed by atoms with Gasteiger partial charge in [0, 0.05) is 31.7 Å². The van der Waals surface area contributed by atoms with E-state index >= 15 is 0 Å². The third-order valence-corrected chi connectivity index (χ3v) is 6.77. The Morgan fingerprint density at radius 1 is 1.22 bits per heavy atom. The lowest BCUT2D eigenvalue weighted by molar-refractivity contribution is -0.140. The van der Waals surface area contributed by atoms with Gasteiger partial charge in [0.15, 0.2) is 0 Å². The van der Waals surface area contributed by atoms with Gasteiger partial charge in [0.25, 0.3) is 0 Å². The summed E-state index contributed by atoms with van der Waals surface area (Å²) in [4.78, 5) is 26.0. The van der Waals surface area contributed by atoms with E-state index in [9.17, 15) is 9.59 Å². The number of nitrogens with one attached hydrogen (secondary N) is 3. The average Bonchev–Trinajstić information content (AvgIpc) is 3.31. The minimum atomic E-state index is -0.650. The van der Waals surface area contributed by atoms with Gasteiger partial charge in [0.05, 0.1) is 6.54 Å². The first-order valence-corrected chi connectivity index (χ1v) is 9.88. The lowest BCUT2D eigenvalue weighted by atomic mass is 9.85. The molecule has 2 spiro atoms. The van der Waals surface area contributed by atoms with Gasteiger partial charge < -0.3 is 20.7 Å². The maximum Gasteiger partial charge on any atom is 0.411 e. The lowest BCUT2D eigenvalue weighted by Gasteiger charge is -2.43. The third-order valence-electron chi connectivity index (χ3n) is 6.77. The third kappa shape index (κ3) is 2.72. The van der Waals surface area contributed by atoms with Crippen molar-refractivity contribution >= 4 is 12.0 Å². The zero-order valence-corrected chi connectivity index (χ0v) is 15.4. The van der Waals surface area contributed by atoms with Crippen LogP contribution in [0.5, 0.6) is 0 Å². The van der Waals surface area contributed by atoms with Crippen LogP contribution in [-0.4, -0.2) is 60.7 Å². The average molecular weight is 370 g/mol. The van der Waals surface area contributed by atoms with Crippen LogP contribution in [0, 0.1) is 0 Å². The van der Waals surface area contributed by atoms with Crippen LogP contribution in [0.15, 0.2) is 24.3 Å². The van der Waals surface area contributed by atoms with Crippen LogP contribution in [0.4, 0.5) is 4.79 Å². The van der Waals surface area contributed by atoms with Crippen molar-refractivity contribution in [1.29, 1.82) is 0 Å². The molecule has 5 rings (SSSR count). The Balaban J connectivity index is 1.17. The molecule has 3 N–H and O–H groups in total. The summed E-state index contributed by atoms with van der Waals surface area (Å²) >= 11 is 0. The minimum absolute atomic E-state index is 0.0501. The first-order valence-electron chi connectivity index (χ1n) is 9.88. The van der Waals surface area contributed by atoms with Crippen molar-refractivity contribution in [2.24, 2.45) is 0 Å². The van der Waals surface area contributed by atoms with Gasteiger partial charge in [-0.25, -0.2) is 4.79 Å². The quantitative estimate of drug-likeness (QED) is 0.683. The summed E-state index contributed by atoms with van der Waals surface area (Å²) in [6.45, 7) is 4.53. The van der Waals surface area contributed by atoms with Gasteiger partial charge in [0.1, 0.15) is 12.1 Å². The molecule has 0 aromatic heterocycles. The number of benzene rings is 1. The fourth-order valence-corrected chi connectivity index (χ4v) is 4.93. The predicted molar refractivity (Wildman–Crippen MR) is 99.3 cm³/mol. The number of rotatable bonds is 3. The summed E-state index contributed by atoms with van der Waals surface area (Å²) < 4.78 is 5.50. The predicted octanol–water partition coefficient (Wildman–Crippen LogP) is 0.707. The second kappa shape index (κ2) is 6.21. The number of amides is 2. The molecular weight excluding hydrogens is 344 g/mol. The SMILES string of the molecule is O=C(OCc1ccc(C2CNC3(CNC3)C2)cc1)N1CCCC12CNC2=O. The van der Waals surface area contributed by atoms with Crippen molar-refractivity contribution in [2.45, 2.75) is 42.9 Å². The van der Waals surface area contributed by atoms with Gasteiger partial charge in [-0.15, -0.1) is 0 Å². The van der Waals surface area contributed by atoms with Crippen molar-refractivity contribution in [3.63, 3.8) is 0 Å². The molecule has 4 saturated heterocycles. The van der Waals surface area contributed by atoms with Crippen molar-refractivity contribution in [3.05, 3.63) is 35.4 Å². The number of ether oxygens (including phenoxy) is 1. The Hall–Kier alpha value is -2.12. The molecule has 7 heteroatoms. The summed E-state index contributed by atoms with van der Waals surface area (Å²) in [6.07, 6.45) is 2.37. The Bertz CT molecular complexity index is 761. The van der Waals surface area contributed by atoms with Crippen LogP contribution in [0.1, 0.15) is 36.3 Å². The minimum Gasteiger partial charge on any atom is -0.445 e. The van der Waals surface area contributed by atoms with Gasteiger partial charge in [-0.1, -0.05) is 24.3 Å². The van der Waals surface area contributed by atoms with E-state index in [0.29, 0.717) is 24.5 Å². The van der Waals surface area contributed by atoms with E-state index in [1.165, 1.54) is 12.0 Å². The van der Waals surface area contributed by atoms with E-state index in [1.54, 1.807) is 4.90 Å². The second-order valence-corrected chi connectivity index (χ2v) is 8.43. The van der Waals surface area contributed by atoms with Gasteiger partial charge in [-0.3, -0.25) is 9.69 Å². The van der Waals surface area contributed by atoms with Gasteiger partial charge in [0.2, 0.25) is 5.91 Å². The van der Waals surface area contributed by atoms with Crippen molar-refractivity contribution in [1.82, 2.24) is 20.9 Å². The molecule has 0 aliphatic carbocycles. The van der Waals surface area contributed by atoms with E-state index in [-0.39, 0.29) is 18.6 Å². The smallest absolute Gasteiger partial charge is 0.411 e. The zero-order chi connectivity index (χ0) is 18.5. The highest BCUT2D eigenvalue weighted by Crippen LogP contribution is 2.35. The van der Waals surface area contributed by atoms with Crippen LogP contribution >= 0.6 is 0 Å². The van der Waals surface area contributed by atoms with Crippen molar-refractivity contribution in [2.75, 3.05) is 32.7 Å². The molecule has 0 bridgehead atoms. The Morgan fingerprint density at radius 3 is 2.63 bits per heavy atom. The van der Waals surface area contributed by atoms with Crippen molar-refractivity contribution < 1.29 is 14.3 Å². The van der Waals surface area contributed by atoms with Gasteiger partial charge in [-0.05, 0) is 36.3 Å². The molecule has 4 heterocycles. The molecule has 7 nitrogen and oxygen atoms in total. The Kier molecular flexibility index (Phi) is 3.91. The van der Waals surface area contributed by atoms with E-state index in [4.69, 9.17) is 4.74 Å². The molecule has 4 fully saturated rings. The first kappa shape index (κ1) is 17.0. The summed E-state index contributed by atoms with van der Waals surface area (Å²) in [7, 11) is 0. The van der Waals surface area contributed by atoms with E-state index < -0.39 is 5.54 Å². The summed E-state index contributed by atoms with van der Waals surface area (Å²) in [5.41, 5.74) is 1.97. The molecule has 0 saturated carbocycles. The number of carbonyl (C=O) groups is 2. The maximum absolute atomic E-state index is 12.5. The Labute approximate surface area is 158 Å². The van der Waals surface area contributed by atoms with Gasteiger partial charge in [-0.2, -0.15) is 0 Å². The fourth-order valence-electron chi connectivity index (χ4n) is 4.93. The second-order valence-electron chi connectivity index (χ2n) is 8.43. The lowest BCUT2D eigenvalue weighted by Crippen LogP contribution is -2.71. The topological polar surface area (TPSA) is 82.7 Å². The molecular formula is C20H26N4O3. The standard InChI is InChI=1S/C20H26N4O3/c25-17-20(13-22-17)6-1-7-24(20)18(26)27-10-14-2-4-15(5-3-14)16-8-19(23-9-16)11-21-12-19/h2-5,16,21,23H,1,6-13H2,(H,22,25). The first-order chi connectivity index (χ1) is 13.1. The number of likely N-dealkylation sites (tertiary alicyclic amines) is 1. The van der Waals surface area contributed by atoms with Gasteiger partial charge >= 0.3 is 6.09 Å². The molecule has 0 radical (unpaired) electrons. The van der Waals surface area contributed by atoms with E-state index in [0.717, 1.165) is 38.0 Å². The maximum atomic E-state index is 12.5. The highest BCUT2D eigenvalue weighted by Gasteiger charge is 2.56. The summed E-state index contributed by atoms with van der Waals surface area (Å²) in [5, 5.41) is 9.76. The number of carbonyl (C=O) groups excluding carboxylic acids is 2. The van der Waals surface area contributed by atoms with Crippen LogP contribution in [-0.2, 0) is 16.1 Å². The normalized spacial score (nSPS) is 30.9. The van der Waals surface area contributed by atoms with E-state index in [1.807, 2.05) is 12.1 Å². The molecule has 2 amide bonds. The molecule has 1 aromatic rings. The molecule has 1 aromatic carbocycles. The summed E-state index contributed by atoms with van der Waals surface area (Å²) in [5.74, 6) is 0.496. The highest BCUT2D eigenvalue weighted by atomic mass is 16.6. The molecule has 27 heavy (non-hydrogen) atoms. The molecule has 4 aliphatic rings. The zero-order valence-electron chi connectivity index (χ0n) is 15.4. The highest BCUT2D eigenvalue weighted by molar-refractivity contribution is 5.96.